The molecule has 0 N–H and O–H groups in total. The normalized spacial score (nSPS) is 9.81. The number of hydrogen-bond donors (Lipinski definition) is 0. The van der Waals surface area contributed by atoms with Crippen LogP contribution in [0.15, 0.2) is 47.4 Å². The Kier molecular flexibility index (Phi) is 5.72. The van der Waals surface area contributed by atoms with E-state index < -0.39 is 0 Å². The lowest BCUT2D eigenvalue weighted by Crippen LogP contribution is -2.06. The minimum atomic E-state index is -0.161. The summed E-state index contributed by atoms with van der Waals surface area (Å²) >= 11 is 1.66. The first-order chi connectivity index (χ1) is 7.68. The fourth-order valence-corrected chi connectivity index (χ4v) is 1.90. The number of carbonyl (C=O) groups is 1. The number of ether oxygens (including phenoxy) is 1. The third-order valence-corrected chi connectivity index (χ3v) is 2.81. The molecule has 0 unspecified atom stereocenters. The Morgan fingerprint density at radius 1 is 1.38 bits per heavy atom. The molecule has 0 aliphatic rings. The molecule has 0 bridgehead atoms. The topological polar surface area (TPSA) is 26.3 Å². The third kappa shape index (κ3) is 5.61. The van der Waals surface area contributed by atoms with Crippen LogP contribution in [-0.2, 0) is 9.53 Å². The number of thioether (sulfide) groups is 1. The van der Waals surface area contributed by atoms with Crippen molar-refractivity contribution in [3.63, 3.8) is 0 Å². The van der Waals surface area contributed by atoms with E-state index in [2.05, 4.69) is 6.58 Å². The Balaban J connectivity index is 2.16. The van der Waals surface area contributed by atoms with Gasteiger partial charge in [-0.3, -0.25) is 4.79 Å². The first kappa shape index (κ1) is 12.8. The van der Waals surface area contributed by atoms with Crippen LogP contribution >= 0.6 is 11.8 Å². The van der Waals surface area contributed by atoms with E-state index in [1.165, 1.54) is 4.90 Å². The quantitative estimate of drug-likeness (QED) is 0.431. The molecular weight excluding hydrogens is 220 g/mol. The number of esters is 1. The fraction of sp³-hybridized carbons (Fsp3) is 0.308. The molecule has 1 aromatic carbocycles. The molecule has 1 rings (SSSR count). The van der Waals surface area contributed by atoms with Crippen molar-refractivity contribution in [2.45, 2.75) is 18.2 Å². The predicted molar refractivity (Wildman–Crippen MR) is 67.6 cm³/mol. The maximum atomic E-state index is 11.3. The maximum absolute atomic E-state index is 11.3. The summed E-state index contributed by atoms with van der Waals surface area (Å²) in [5.74, 6) is 0.588. The zero-order chi connectivity index (χ0) is 11.8. The molecule has 0 spiro atoms. The van der Waals surface area contributed by atoms with Crippen molar-refractivity contribution < 1.29 is 9.53 Å². The SMILES string of the molecule is C=C(C)COC(=O)CCSc1ccccc1. The summed E-state index contributed by atoms with van der Waals surface area (Å²) in [5, 5.41) is 0. The average molecular weight is 236 g/mol. The lowest BCUT2D eigenvalue weighted by Gasteiger charge is -2.04. The van der Waals surface area contributed by atoms with Gasteiger partial charge in [-0.05, 0) is 24.6 Å². The van der Waals surface area contributed by atoms with Crippen molar-refractivity contribution in [2.75, 3.05) is 12.4 Å². The molecule has 0 saturated heterocycles. The monoisotopic (exact) mass is 236 g/mol. The highest BCUT2D eigenvalue weighted by Gasteiger charge is 2.02. The van der Waals surface area contributed by atoms with Gasteiger partial charge in [0.2, 0.25) is 0 Å². The number of benzene rings is 1. The van der Waals surface area contributed by atoms with Crippen LogP contribution in [0.3, 0.4) is 0 Å². The van der Waals surface area contributed by atoms with Crippen molar-refractivity contribution in [2.24, 2.45) is 0 Å². The Morgan fingerprint density at radius 3 is 2.69 bits per heavy atom. The highest BCUT2D eigenvalue weighted by atomic mass is 32.2. The largest absolute Gasteiger partial charge is 0.461 e. The summed E-state index contributed by atoms with van der Waals surface area (Å²) in [4.78, 5) is 12.4. The third-order valence-electron chi connectivity index (χ3n) is 1.80. The van der Waals surface area contributed by atoms with E-state index in [9.17, 15) is 4.79 Å². The molecule has 86 valence electrons. The zero-order valence-corrected chi connectivity index (χ0v) is 10.3. The molecule has 16 heavy (non-hydrogen) atoms. The molecule has 0 saturated carbocycles. The van der Waals surface area contributed by atoms with E-state index in [0.717, 1.165) is 11.3 Å². The fourth-order valence-electron chi connectivity index (χ4n) is 1.04. The average Bonchev–Trinajstić information content (AvgIpc) is 2.28. The van der Waals surface area contributed by atoms with Gasteiger partial charge in [-0.2, -0.15) is 0 Å². The van der Waals surface area contributed by atoms with Crippen molar-refractivity contribution in [1.29, 1.82) is 0 Å². The van der Waals surface area contributed by atoms with E-state index in [1.807, 2.05) is 37.3 Å². The standard InChI is InChI=1S/C13H16O2S/c1-11(2)10-15-13(14)8-9-16-12-6-4-3-5-7-12/h3-7H,1,8-10H2,2H3. The van der Waals surface area contributed by atoms with Gasteiger partial charge in [-0.15, -0.1) is 11.8 Å². The van der Waals surface area contributed by atoms with E-state index in [1.54, 1.807) is 11.8 Å². The summed E-state index contributed by atoms with van der Waals surface area (Å²) in [6, 6.07) is 10.0. The summed E-state index contributed by atoms with van der Waals surface area (Å²) in [5.41, 5.74) is 0.865. The van der Waals surface area contributed by atoms with Crippen LogP contribution in [-0.4, -0.2) is 18.3 Å². The Labute approximate surface area is 101 Å². The Hall–Kier alpha value is -1.22. The molecule has 3 heteroatoms. The summed E-state index contributed by atoms with van der Waals surface area (Å²) in [7, 11) is 0. The molecule has 1 aromatic rings. The van der Waals surface area contributed by atoms with Gasteiger partial charge >= 0.3 is 5.97 Å². The summed E-state index contributed by atoms with van der Waals surface area (Å²) in [6.07, 6.45) is 0.437. The second-order valence-electron chi connectivity index (χ2n) is 3.53. The van der Waals surface area contributed by atoms with Crippen LogP contribution < -0.4 is 0 Å². The van der Waals surface area contributed by atoms with Crippen molar-refractivity contribution in [3.8, 4) is 0 Å². The van der Waals surface area contributed by atoms with Gasteiger partial charge in [-0.1, -0.05) is 24.8 Å². The van der Waals surface area contributed by atoms with Gasteiger partial charge in [0.05, 0.1) is 6.42 Å². The van der Waals surface area contributed by atoms with E-state index in [0.29, 0.717) is 13.0 Å². The van der Waals surface area contributed by atoms with Gasteiger partial charge in [0.1, 0.15) is 6.61 Å². The lowest BCUT2D eigenvalue weighted by atomic mass is 10.4. The molecule has 0 heterocycles. The van der Waals surface area contributed by atoms with Gasteiger partial charge in [0.15, 0.2) is 0 Å². The van der Waals surface area contributed by atoms with E-state index in [4.69, 9.17) is 4.74 Å². The smallest absolute Gasteiger partial charge is 0.306 e. The lowest BCUT2D eigenvalue weighted by molar-refractivity contribution is -0.142. The minimum absolute atomic E-state index is 0.161. The van der Waals surface area contributed by atoms with Crippen molar-refractivity contribution >= 4 is 17.7 Å². The molecule has 2 nitrogen and oxygen atoms in total. The van der Waals surface area contributed by atoms with Crippen molar-refractivity contribution in [1.82, 2.24) is 0 Å². The summed E-state index contributed by atoms with van der Waals surface area (Å²) < 4.78 is 4.99. The van der Waals surface area contributed by atoms with Crippen LogP contribution in [0.5, 0.6) is 0 Å². The minimum Gasteiger partial charge on any atom is -0.461 e. The van der Waals surface area contributed by atoms with Gasteiger partial charge in [0.25, 0.3) is 0 Å². The first-order valence-corrected chi connectivity index (χ1v) is 6.15. The van der Waals surface area contributed by atoms with Crippen LogP contribution in [0, 0.1) is 0 Å². The Morgan fingerprint density at radius 2 is 2.06 bits per heavy atom. The second kappa shape index (κ2) is 7.12. The zero-order valence-electron chi connectivity index (χ0n) is 9.44. The van der Waals surface area contributed by atoms with Crippen LogP contribution in [0.25, 0.3) is 0 Å². The number of rotatable bonds is 6. The molecule has 0 aromatic heterocycles. The molecule has 0 aliphatic heterocycles. The van der Waals surface area contributed by atoms with Crippen LogP contribution in [0.1, 0.15) is 13.3 Å². The predicted octanol–water partition coefficient (Wildman–Crippen LogP) is 3.29. The first-order valence-electron chi connectivity index (χ1n) is 5.16. The van der Waals surface area contributed by atoms with Gasteiger partial charge in [0, 0.05) is 10.6 Å². The molecule has 0 radical (unpaired) electrons. The van der Waals surface area contributed by atoms with Crippen molar-refractivity contribution in [3.05, 3.63) is 42.5 Å². The van der Waals surface area contributed by atoms with Gasteiger partial charge < -0.3 is 4.74 Å². The molecule has 0 amide bonds. The number of hydrogen-bond acceptors (Lipinski definition) is 3. The molecule has 0 fully saturated rings. The van der Waals surface area contributed by atoms with E-state index >= 15 is 0 Å². The maximum Gasteiger partial charge on any atom is 0.306 e. The highest BCUT2D eigenvalue weighted by molar-refractivity contribution is 7.99. The van der Waals surface area contributed by atoms with Gasteiger partial charge in [-0.25, -0.2) is 0 Å². The highest BCUT2D eigenvalue weighted by Crippen LogP contribution is 2.17. The van der Waals surface area contributed by atoms with E-state index in [-0.39, 0.29) is 5.97 Å². The number of carbonyl (C=O) groups excluding carboxylic acids is 1. The molecule has 0 aliphatic carbocycles. The second-order valence-corrected chi connectivity index (χ2v) is 4.70. The summed E-state index contributed by atoms with van der Waals surface area (Å²) in [6.45, 7) is 5.84. The van der Waals surface area contributed by atoms with Crippen LogP contribution in [0.4, 0.5) is 0 Å². The molecular formula is C13H16O2S. The molecule has 0 atom stereocenters. The Bertz CT molecular complexity index is 346. The van der Waals surface area contributed by atoms with Crippen LogP contribution in [0.2, 0.25) is 0 Å².